The van der Waals surface area contributed by atoms with Crippen LogP contribution in [0.3, 0.4) is 0 Å². The summed E-state index contributed by atoms with van der Waals surface area (Å²) in [5.74, 6) is -1.03. The summed E-state index contributed by atoms with van der Waals surface area (Å²) >= 11 is 12.6. The van der Waals surface area contributed by atoms with Gasteiger partial charge in [0.05, 0.1) is 48.7 Å². The van der Waals surface area contributed by atoms with Crippen LogP contribution in [0.25, 0.3) is 5.76 Å². The standard InChI is InChI=1S/C28H26Cl2N2O6/c1-31(2)17-8-6-15(7-9-17)24-23(25(33)16-10-21(29)27(38-5)22(30)11-16)26(34)28(35)32(24)18-12-19(36-3)14-20(13-18)37-4/h6-14,24,33H,1-5H3/b25-23+. The number of nitrogens with zero attached hydrogens (tertiary/aromatic N) is 2. The van der Waals surface area contributed by atoms with Gasteiger partial charge < -0.3 is 24.2 Å². The Morgan fingerprint density at radius 3 is 1.89 bits per heavy atom. The molecule has 0 spiro atoms. The third-order valence-corrected chi connectivity index (χ3v) is 6.82. The van der Waals surface area contributed by atoms with Gasteiger partial charge in [-0.1, -0.05) is 35.3 Å². The number of Topliss-reactive ketones (excluding diaryl/α,β-unsaturated/α-hetero) is 1. The number of ketones is 1. The highest BCUT2D eigenvalue weighted by Gasteiger charge is 2.47. The molecule has 3 aromatic rings. The summed E-state index contributed by atoms with van der Waals surface area (Å²) in [5, 5.41) is 11.7. The maximum absolute atomic E-state index is 13.5. The third kappa shape index (κ3) is 4.85. The van der Waals surface area contributed by atoms with Gasteiger partial charge in [-0.15, -0.1) is 0 Å². The van der Waals surface area contributed by atoms with E-state index in [0.29, 0.717) is 22.7 Å². The highest BCUT2D eigenvalue weighted by Crippen LogP contribution is 2.45. The Balaban J connectivity index is 1.98. The molecule has 0 aliphatic carbocycles. The van der Waals surface area contributed by atoms with Crippen molar-refractivity contribution in [1.82, 2.24) is 0 Å². The second kappa shape index (κ2) is 10.8. The summed E-state index contributed by atoms with van der Waals surface area (Å²) in [6.45, 7) is 0. The van der Waals surface area contributed by atoms with Gasteiger partial charge in [0, 0.05) is 43.5 Å². The van der Waals surface area contributed by atoms with Crippen LogP contribution in [-0.4, -0.2) is 52.2 Å². The van der Waals surface area contributed by atoms with Gasteiger partial charge in [-0.25, -0.2) is 0 Å². The number of carbonyl (C=O) groups excluding carboxylic acids is 2. The lowest BCUT2D eigenvalue weighted by Gasteiger charge is -2.26. The van der Waals surface area contributed by atoms with E-state index in [1.54, 1.807) is 30.3 Å². The molecule has 1 aliphatic rings. The summed E-state index contributed by atoms with van der Waals surface area (Å²) in [7, 11) is 8.20. The van der Waals surface area contributed by atoms with E-state index in [9.17, 15) is 14.7 Å². The number of rotatable bonds is 7. The average Bonchev–Trinajstić information content (AvgIpc) is 3.17. The lowest BCUT2D eigenvalue weighted by Crippen LogP contribution is -2.29. The maximum Gasteiger partial charge on any atom is 0.300 e. The number of aliphatic hydroxyl groups is 1. The van der Waals surface area contributed by atoms with Gasteiger partial charge in [0.15, 0.2) is 5.75 Å². The quantitative estimate of drug-likeness (QED) is 0.226. The Morgan fingerprint density at radius 1 is 0.868 bits per heavy atom. The van der Waals surface area contributed by atoms with Crippen molar-refractivity contribution >= 4 is 52.0 Å². The molecule has 1 fully saturated rings. The van der Waals surface area contributed by atoms with Crippen LogP contribution < -0.4 is 24.0 Å². The topological polar surface area (TPSA) is 88.5 Å². The summed E-state index contributed by atoms with van der Waals surface area (Å²) in [6.07, 6.45) is 0. The molecule has 1 saturated heterocycles. The molecule has 0 saturated carbocycles. The number of carbonyl (C=O) groups is 2. The number of halogens is 2. The molecular formula is C28H26Cl2N2O6. The molecule has 8 nitrogen and oxygen atoms in total. The van der Waals surface area contributed by atoms with Gasteiger partial charge in [-0.3, -0.25) is 14.5 Å². The number of anilines is 2. The van der Waals surface area contributed by atoms with E-state index < -0.39 is 23.5 Å². The first-order chi connectivity index (χ1) is 18.1. The lowest BCUT2D eigenvalue weighted by atomic mass is 9.94. The van der Waals surface area contributed by atoms with E-state index in [-0.39, 0.29) is 26.9 Å². The fourth-order valence-corrected chi connectivity index (χ4v) is 4.99. The molecule has 198 valence electrons. The van der Waals surface area contributed by atoms with Crippen LogP contribution >= 0.6 is 23.2 Å². The highest BCUT2D eigenvalue weighted by atomic mass is 35.5. The summed E-state index contributed by atoms with van der Waals surface area (Å²) in [4.78, 5) is 30.2. The molecule has 38 heavy (non-hydrogen) atoms. The minimum Gasteiger partial charge on any atom is -0.507 e. The van der Waals surface area contributed by atoms with Crippen LogP contribution in [0.1, 0.15) is 17.2 Å². The molecule has 10 heteroatoms. The zero-order chi connectivity index (χ0) is 27.7. The van der Waals surface area contributed by atoms with Crippen molar-refractivity contribution in [1.29, 1.82) is 0 Å². The van der Waals surface area contributed by atoms with Crippen LogP contribution in [0.4, 0.5) is 11.4 Å². The zero-order valence-corrected chi connectivity index (χ0v) is 22.9. The van der Waals surface area contributed by atoms with E-state index in [2.05, 4.69) is 0 Å². The molecule has 1 unspecified atom stereocenters. The Hall–Kier alpha value is -3.88. The first-order valence-corrected chi connectivity index (χ1v) is 12.2. The maximum atomic E-state index is 13.5. The molecule has 1 heterocycles. The third-order valence-electron chi connectivity index (χ3n) is 6.26. The van der Waals surface area contributed by atoms with Crippen molar-refractivity contribution < 1.29 is 28.9 Å². The van der Waals surface area contributed by atoms with Gasteiger partial charge in [0.25, 0.3) is 11.7 Å². The zero-order valence-electron chi connectivity index (χ0n) is 21.4. The van der Waals surface area contributed by atoms with Crippen LogP contribution in [0.15, 0.2) is 60.2 Å². The first kappa shape index (κ1) is 27.2. The Morgan fingerprint density at radius 2 is 1.42 bits per heavy atom. The number of ether oxygens (including phenoxy) is 3. The van der Waals surface area contributed by atoms with E-state index in [0.717, 1.165) is 5.69 Å². The number of benzene rings is 3. The monoisotopic (exact) mass is 556 g/mol. The smallest absolute Gasteiger partial charge is 0.300 e. The van der Waals surface area contributed by atoms with Crippen LogP contribution in [0.2, 0.25) is 10.0 Å². The summed E-state index contributed by atoms with van der Waals surface area (Å²) in [6, 6.07) is 14.1. The SMILES string of the molecule is COc1cc(OC)cc(N2C(=O)C(=O)/C(=C(/O)c3cc(Cl)c(OC)c(Cl)c3)C2c2ccc(N(C)C)cc2)c1. The molecule has 3 aromatic carbocycles. The molecule has 0 radical (unpaired) electrons. The number of hydrogen-bond donors (Lipinski definition) is 1. The Bertz CT molecular complexity index is 1390. The second-order valence-corrected chi connectivity index (χ2v) is 9.51. The van der Waals surface area contributed by atoms with Crippen LogP contribution in [0.5, 0.6) is 17.2 Å². The molecular weight excluding hydrogens is 531 g/mol. The first-order valence-electron chi connectivity index (χ1n) is 11.5. The van der Waals surface area contributed by atoms with Crippen molar-refractivity contribution in [2.75, 3.05) is 45.2 Å². The van der Waals surface area contributed by atoms with Crippen molar-refractivity contribution in [3.05, 3.63) is 81.3 Å². The lowest BCUT2D eigenvalue weighted by molar-refractivity contribution is -0.132. The predicted octanol–water partition coefficient (Wildman–Crippen LogP) is 5.71. The Labute approximate surface area is 230 Å². The van der Waals surface area contributed by atoms with Crippen LogP contribution in [-0.2, 0) is 9.59 Å². The molecule has 1 amide bonds. The van der Waals surface area contributed by atoms with Crippen molar-refractivity contribution in [2.45, 2.75) is 6.04 Å². The number of hydrogen-bond acceptors (Lipinski definition) is 7. The molecule has 1 atom stereocenters. The average molecular weight is 557 g/mol. The number of aliphatic hydroxyl groups excluding tert-OH is 1. The normalized spacial score (nSPS) is 16.5. The minimum absolute atomic E-state index is 0.119. The predicted molar refractivity (Wildman–Crippen MR) is 148 cm³/mol. The summed E-state index contributed by atoms with van der Waals surface area (Å²) in [5.41, 5.74) is 1.92. The van der Waals surface area contributed by atoms with Crippen molar-refractivity contribution in [3.8, 4) is 17.2 Å². The Kier molecular flexibility index (Phi) is 7.76. The van der Waals surface area contributed by atoms with Gasteiger partial charge in [0.2, 0.25) is 0 Å². The number of methoxy groups -OCH3 is 3. The molecule has 1 N–H and O–H groups in total. The van der Waals surface area contributed by atoms with E-state index >= 15 is 0 Å². The molecule has 1 aliphatic heterocycles. The molecule has 4 rings (SSSR count). The minimum atomic E-state index is -0.970. The van der Waals surface area contributed by atoms with E-state index in [1.807, 2.05) is 31.1 Å². The van der Waals surface area contributed by atoms with E-state index in [4.69, 9.17) is 37.4 Å². The van der Waals surface area contributed by atoms with Crippen LogP contribution in [0, 0.1) is 0 Å². The largest absolute Gasteiger partial charge is 0.507 e. The molecule has 0 aromatic heterocycles. The second-order valence-electron chi connectivity index (χ2n) is 8.70. The highest BCUT2D eigenvalue weighted by molar-refractivity contribution is 6.52. The fraction of sp³-hybridized carbons (Fsp3) is 0.214. The van der Waals surface area contributed by atoms with Crippen molar-refractivity contribution in [2.24, 2.45) is 0 Å². The number of amides is 1. The van der Waals surface area contributed by atoms with Crippen molar-refractivity contribution in [3.63, 3.8) is 0 Å². The van der Waals surface area contributed by atoms with E-state index in [1.165, 1.54) is 38.4 Å². The fourth-order valence-electron chi connectivity index (χ4n) is 4.35. The summed E-state index contributed by atoms with van der Waals surface area (Å²) < 4.78 is 16.0. The molecule has 0 bridgehead atoms. The van der Waals surface area contributed by atoms with Gasteiger partial charge >= 0.3 is 0 Å². The van der Waals surface area contributed by atoms with Gasteiger partial charge in [0.1, 0.15) is 17.3 Å². The van der Waals surface area contributed by atoms with Gasteiger partial charge in [-0.2, -0.15) is 0 Å². The van der Waals surface area contributed by atoms with Gasteiger partial charge in [-0.05, 0) is 29.8 Å².